The summed E-state index contributed by atoms with van der Waals surface area (Å²) in [6.45, 7) is 4.66. The molecule has 1 aliphatic rings. The second kappa shape index (κ2) is 8.47. The number of methoxy groups -OCH3 is 1. The van der Waals surface area contributed by atoms with E-state index in [-0.39, 0.29) is 12.5 Å². The van der Waals surface area contributed by atoms with Crippen molar-refractivity contribution in [3.63, 3.8) is 0 Å². The van der Waals surface area contributed by atoms with Gasteiger partial charge in [-0.1, -0.05) is 6.92 Å². The highest BCUT2D eigenvalue weighted by Crippen LogP contribution is 2.40. The molecular formula is C13H25NO5. The van der Waals surface area contributed by atoms with E-state index in [1.807, 2.05) is 6.92 Å². The molecule has 0 radical (unpaired) electrons. The second-order valence-corrected chi connectivity index (χ2v) is 4.74. The Morgan fingerprint density at radius 2 is 1.89 bits per heavy atom. The van der Waals surface area contributed by atoms with Crippen LogP contribution in [-0.2, 0) is 19.0 Å². The van der Waals surface area contributed by atoms with Gasteiger partial charge in [0, 0.05) is 7.11 Å². The Morgan fingerprint density at radius 3 is 2.42 bits per heavy atom. The number of carboxylic acid groups (broad SMARTS) is 1. The Morgan fingerprint density at radius 1 is 1.26 bits per heavy atom. The van der Waals surface area contributed by atoms with Crippen LogP contribution in [0.2, 0.25) is 0 Å². The van der Waals surface area contributed by atoms with E-state index in [0.717, 1.165) is 12.8 Å². The minimum atomic E-state index is -0.929. The number of hydrogen-bond acceptors (Lipinski definition) is 5. The zero-order valence-corrected chi connectivity index (χ0v) is 11.8. The number of rotatable bonds is 12. The molecule has 1 fully saturated rings. The molecule has 0 spiro atoms. The molecule has 6 nitrogen and oxygen atoms in total. The predicted octanol–water partition coefficient (Wildman–Crippen LogP) is 0.509. The van der Waals surface area contributed by atoms with Crippen molar-refractivity contribution in [2.45, 2.75) is 25.3 Å². The Labute approximate surface area is 114 Å². The van der Waals surface area contributed by atoms with Gasteiger partial charge >= 0.3 is 5.97 Å². The number of carboxylic acids is 1. The van der Waals surface area contributed by atoms with Crippen LogP contribution in [0.3, 0.4) is 0 Å². The zero-order chi connectivity index (χ0) is 14.1. The van der Waals surface area contributed by atoms with Gasteiger partial charge in [-0.2, -0.15) is 0 Å². The smallest absolute Gasteiger partial charge is 0.326 e. The van der Waals surface area contributed by atoms with Crippen LogP contribution in [0.5, 0.6) is 0 Å². The average molecular weight is 275 g/mol. The molecule has 19 heavy (non-hydrogen) atoms. The summed E-state index contributed by atoms with van der Waals surface area (Å²) in [7, 11) is 1.62. The van der Waals surface area contributed by atoms with Crippen molar-refractivity contribution in [1.29, 1.82) is 0 Å². The minimum Gasteiger partial charge on any atom is -0.480 e. The predicted molar refractivity (Wildman–Crippen MR) is 70.3 cm³/mol. The van der Waals surface area contributed by atoms with Crippen molar-refractivity contribution in [2.24, 2.45) is 5.92 Å². The van der Waals surface area contributed by atoms with Gasteiger partial charge in [-0.15, -0.1) is 0 Å². The summed E-state index contributed by atoms with van der Waals surface area (Å²) in [4.78, 5) is 11.5. The standard InChI is InChI=1S/C13H25NO5/c1-3-14-13(12(15)16,11-4-5-11)10-19-9-8-18-7-6-17-2/h11,14H,3-10H2,1-2H3,(H,15,16). The second-order valence-electron chi connectivity index (χ2n) is 4.74. The highest BCUT2D eigenvalue weighted by Gasteiger charge is 2.51. The lowest BCUT2D eigenvalue weighted by Gasteiger charge is -2.30. The summed E-state index contributed by atoms with van der Waals surface area (Å²) in [6, 6.07) is 0. The van der Waals surface area contributed by atoms with Crippen molar-refractivity contribution in [2.75, 3.05) is 46.7 Å². The lowest BCUT2D eigenvalue weighted by atomic mass is 9.94. The van der Waals surface area contributed by atoms with E-state index in [1.165, 1.54) is 0 Å². The van der Waals surface area contributed by atoms with E-state index in [1.54, 1.807) is 7.11 Å². The van der Waals surface area contributed by atoms with Crippen molar-refractivity contribution in [1.82, 2.24) is 5.32 Å². The van der Waals surface area contributed by atoms with Gasteiger partial charge in [0.2, 0.25) is 0 Å². The van der Waals surface area contributed by atoms with E-state index in [0.29, 0.717) is 33.0 Å². The number of ether oxygens (including phenoxy) is 3. The molecule has 1 saturated carbocycles. The van der Waals surface area contributed by atoms with Crippen LogP contribution in [0.4, 0.5) is 0 Å². The molecule has 0 amide bonds. The lowest BCUT2D eigenvalue weighted by Crippen LogP contribution is -2.57. The molecule has 6 heteroatoms. The van der Waals surface area contributed by atoms with Crippen molar-refractivity contribution < 1.29 is 24.1 Å². The van der Waals surface area contributed by atoms with Crippen LogP contribution in [0, 0.1) is 5.92 Å². The lowest BCUT2D eigenvalue weighted by molar-refractivity contribution is -0.149. The molecule has 1 aliphatic carbocycles. The quantitative estimate of drug-likeness (QED) is 0.505. The Balaban J connectivity index is 2.27. The third-order valence-electron chi connectivity index (χ3n) is 3.28. The van der Waals surface area contributed by atoms with Crippen LogP contribution >= 0.6 is 0 Å². The van der Waals surface area contributed by atoms with Crippen molar-refractivity contribution >= 4 is 5.97 Å². The zero-order valence-electron chi connectivity index (χ0n) is 11.8. The maximum absolute atomic E-state index is 11.5. The molecule has 0 heterocycles. The fourth-order valence-corrected chi connectivity index (χ4v) is 2.11. The van der Waals surface area contributed by atoms with Gasteiger partial charge in [0.25, 0.3) is 0 Å². The van der Waals surface area contributed by atoms with Gasteiger partial charge < -0.3 is 19.3 Å². The molecule has 1 atom stereocenters. The van der Waals surface area contributed by atoms with Crippen LogP contribution in [0.25, 0.3) is 0 Å². The topological polar surface area (TPSA) is 77.0 Å². The van der Waals surface area contributed by atoms with E-state index < -0.39 is 11.5 Å². The first kappa shape index (κ1) is 16.4. The fraction of sp³-hybridized carbons (Fsp3) is 0.923. The molecule has 0 aromatic rings. The van der Waals surface area contributed by atoms with Crippen molar-refractivity contribution in [3.8, 4) is 0 Å². The molecule has 0 aliphatic heterocycles. The molecular weight excluding hydrogens is 250 g/mol. The average Bonchev–Trinajstić information content (AvgIpc) is 3.20. The number of aliphatic carboxylic acids is 1. The third-order valence-corrected chi connectivity index (χ3v) is 3.28. The van der Waals surface area contributed by atoms with Crippen LogP contribution in [0.15, 0.2) is 0 Å². The number of likely N-dealkylation sites (N-methyl/N-ethyl adjacent to an activating group) is 1. The Bertz CT molecular complexity index is 270. The third kappa shape index (κ3) is 5.06. The normalized spacial score (nSPS) is 18.2. The first-order valence-corrected chi connectivity index (χ1v) is 6.80. The van der Waals surface area contributed by atoms with E-state index in [4.69, 9.17) is 14.2 Å². The monoisotopic (exact) mass is 275 g/mol. The van der Waals surface area contributed by atoms with E-state index >= 15 is 0 Å². The minimum absolute atomic E-state index is 0.180. The number of hydrogen-bond donors (Lipinski definition) is 2. The van der Waals surface area contributed by atoms with Gasteiger partial charge in [0.05, 0.1) is 33.0 Å². The highest BCUT2D eigenvalue weighted by atomic mass is 16.5. The summed E-state index contributed by atoms with van der Waals surface area (Å²) in [5, 5.41) is 12.5. The van der Waals surface area contributed by atoms with Crippen LogP contribution in [-0.4, -0.2) is 63.3 Å². The van der Waals surface area contributed by atoms with Gasteiger partial charge in [0.15, 0.2) is 0 Å². The van der Waals surface area contributed by atoms with E-state index in [9.17, 15) is 9.90 Å². The first-order chi connectivity index (χ1) is 9.17. The molecule has 1 unspecified atom stereocenters. The fourth-order valence-electron chi connectivity index (χ4n) is 2.11. The van der Waals surface area contributed by atoms with E-state index in [2.05, 4.69) is 5.32 Å². The maximum atomic E-state index is 11.5. The van der Waals surface area contributed by atoms with Crippen LogP contribution in [0.1, 0.15) is 19.8 Å². The largest absolute Gasteiger partial charge is 0.480 e. The van der Waals surface area contributed by atoms with Gasteiger partial charge in [-0.3, -0.25) is 10.1 Å². The van der Waals surface area contributed by atoms with Gasteiger partial charge in [0.1, 0.15) is 5.54 Å². The molecule has 112 valence electrons. The molecule has 0 aromatic carbocycles. The summed E-state index contributed by atoms with van der Waals surface area (Å²) in [5.74, 6) is -0.642. The van der Waals surface area contributed by atoms with Gasteiger partial charge in [-0.05, 0) is 25.3 Å². The van der Waals surface area contributed by atoms with Gasteiger partial charge in [-0.25, -0.2) is 0 Å². The molecule has 0 bridgehead atoms. The molecule has 0 aromatic heterocycles. The maximum Gasteiger partial charge on any atom is 0.326 e. The van der Waals surface area contributed by atoms with Crippen molar-refractivity contribution in [3.05, 3.63) is 0 Å². The Kier molecular flexibility index (Phi) is 7.30. The summed E-state index contributed by atoms with van der Waals surface area (Å²) in [5.41, 5.74) is -0.929. The number of nitrogens with one attached hydrogen (secondary N) is 1. The highest BCUT2D eigenvalue weighted by molar-refractivity contribution is 5.80. The first-order valence-electron chi connectivity index (χ1n) is 6.80. The summed E-state index contributed by atoms with van der Waals surface area (Å²) >= 11 is 0. The molecule has 2 N–H and O–H groups in total. The number of carbonyl (C=O) groups is 1. The summed E-state index contributed by atoms with van der Waals surface area (Å²) in [6.07, 6.45) is 1.90. The summed E-state index contributed by atoms with van der Waals surface area (Å²) < 4.78 is 15.6. The SMILES string of the molecule is CCNC(COCCOCCOC)(C(=O)O)C1CC1. The molecule has 0 saturated heterocycles. The molecule has 1 rings (SSSR count). The Hall–Kier alpha value is -0.690. The van der Waals surface area contributed by atoms with Crippen LogP contribution < -0.4 is 5.32 Å².